The van der Waals surface area contributed by atoms with Gasteiger partial charge < -0.3 is 4.43 Å². The van der Waals surface area contributed by atoms with Gasteiger partial charge in [0, 0.05) is 0 Å². The summed E-state index contributed by atoms with van der Waals surface area (Å²) in [7, 11) is -0.731. The maximum Gasteiger partial charge on any atom is 0.205 e. The van der Waals surface area contributed by atoms with E-state index >= 15 is 0 Å². The van der Waals surface area contributed by atoms with Crippen molar-refractivity contribution >= 4 is 25.0 Å². The SMILES string of the molecule is C[Si](C)OC(c1cccc(Br)n1)C(C)(C)C. The smallest absolute Gasteiger partial charge is 0.205 e. The van der Waals surface area contributed by atoms with Crippen LogP contribution in [-0.2, 0) is 4.43 Å². The van der Waals surface area contributed by atoms with Crippen molar-refractivity contribution in [1.82, 2.24) is 4.98 Å². The lowest BCUT2D eigenvalue weighted by atomic mass is 9.87. The molecule has 0 bridgehead atoms. The van der Waals surface area contributed by atoms with Gasteiger partial charge in [-0.05, 0) is 46.6 Å². The number of aromatic nitrogens is 1. The Morgan fingerprint density at radius 2 is 1.94 bits per heavy atom. The van der Waals surface area contributed by atoms with Gasteiger partial charge in [-0.3, -0.25) is 0 Å². The van der Waals surface area contributed by atoms with Crippen molar-refractivity contribution in [2.24, 2.45) is 5.41 Å². The van der Waals surface area contributed by atoms with E-state index in [1.165, 1.54) is 0 Å². The summed E-state index contributed by atoms with van der Waals surface area (Å²) >= 11 is 3.41. The van der Waals surface area contributed by atoms with Crippen molar-refractivity contribution in [2.45, 2.75) is 40.0 Å². The van der Waals surface area contributed by atoms with Crippen LogP contribution in [0.15, 0.2) is 22.8 Å². The van der Waals surface area contributed by atoms with Gasteiger partial charge in [-0.15, -0.1) is 0 Å². The molecule has 2 nitrogen and oxygen atoms in total. The standard InChI is InChI=1S/C12H19BrNOSi/c1-12(2,3)11(15-16(4)5)9-7-6-8-10(13)14-9/h6-8,11H,1-5H3. The number of nitrogens with zero attached hydrogens (tertiary/aromatic N) is 1. The van der Waals surface area contributed by atoms with Crippen LogP contribution < -0.4 is 0 Å². The molecule has 1 unspecified atom stereocenters. The van der Waals surface area contributed by atoms with Crippen LogP contribution in [0.1, 0.15) is 32.6 Å². The summed E-state index contributed by atoms with van der Waals surface area (Å²) in [6.07, 6.45) is 0.0638. The van der Waals surface area contributed by atoms with E-state index in [2.05, 4.69) is 54.8 Å². The van der Waals surface area contributed by atoms with Gasteiger partial charge in [-0.2, -0.15) is 0 Å². The van der Waals surface area contributed by atoms with Crippen LogP contribution in [0.5, 0.6) is 0 Å². The minimum atomic E-state index is -0.731. The first-order chi connectivity index (χ1) is 7.30. The van der Waals surface area contributed by atoms with Gasteiger partial charge in [0.1, 0.15) is 4.60 Å². The van der Waals surface area contributed by atoms with Crippen LogP contribution in [0.25, 0.3) is 0 Å². The van der Waals surface area contributed by atoms with Crippen LogP contribution in [0.3, 0.4) is 0 Å². The van der Waals surface area contributed by atoms with E-state index in [0.29, 0.717) is 0 Å². The molecule has 0 saturated heterocycles. The van der Waals surface area contributed by atoms with Crippen LogP contribution in [0, 0.1) is 5.41 Å². The van der Waals surface area contributed by atoms with E-state index in [1.807, 2.05) is 18.2 Å². The van der Waals surface area contributed by atoms with Crippen molar-refractivity contribution < 1.29 is 4.43 Å². The van der Waals surface area contributed by atoms with Crippen molar-refractivity contribution in [1.29, 1.82) is 0 Å². The molecule has 89 valence electrons. The zero-order chi connectivity index (χ0) is 12.3. The highest BCUT2D eigenvalue weighted by molar-refractivity contribution is 9.10. The molecular weight excluding hydrogens is 282 g/mol. The zero-order valence-electron chi connectivity index (χ0n) is 10.5. The molecular formula is C12H19BrNOSi. The first kappa shape index (κ1) is 13.9. The van der Waals surface area contributed by atoms with Crippen LogP contribution in [0.4, 0.5) is 0 Å². The Labute approximate surface area is 108 Å². The Morgan fingerprint density at radius 1 is 1.31 bits per heavy atom. The molecule has 0 N–H and O–H groups in total. The van der Waals surface area contributed by atoms with E-state index < -0.39 is 9.04 Å². The minimum absolute atomic E-state index is 0.0638. The van der Waals surface area contributed by atoms with Crippen molar-refractivity contribution in [3.05, 3.63) is 28.5 Å². The average Bonchev–Trinajstić information content (AvgIpc) is 2.12. The highest BCUT2D eigenvalue weighted by atomic mass is 79.9. The number of hydrogen-bond donors (Lipinski definition) is 0. The summed E-state index contributed by atoms with van der Waals surface area (Å²) in [6, 6.07) is 5.98. The summed E-state index contributed by atoms with van der Waals surface area (Å²) in [5.41, 5.74) is 1.07. The van der Waals surface area contributed by atoms with E-state index in [1.54, 1.807) is 0 Å². The number of rotatable bonds is 3. The van der Waals surface area contributed by atoms with Crippen molar-refractivity contribution in [3.63, 3.8) is 0 Å². The van der Waals surface area contributed by atoms with Gasteiger partial charge in [0.25, 0.3) is 0 Å². The second kappa shape index (κ2) is 5.43. The highest BCUT2D eigenvalue weighted by Gasteiger charge is 2.29. The Hall–Kier alpha value is -0.193. The predicted octanol–water partition coefficient (Wildman–Crippen LogP) is 4.20. The van der Waals surface area contributed by atoms with Crippen LogP contribution in [0.2, 0.25) is 13.1 Å². The van der Waals surface area contributed by atoms with Gasteiger partial charge in [0.05, 0.1) is 11.8 Å². The Bertz CT molecular complexity index is 349. The Kier molecular flexibility index (Phi) is 4.70. The third-order valence-corrected chi connectivity index (χ3v) is 3.29. The third kappa shape index (κ3) is 4.00. The highest BCUT2D eigenvalue weighted by Crippen LogP contribution is 2.35. The second-order valence-corrected chi connectivity index (χ2v) is 8.02. The molecule has 0 aliphatic carbocycles. The second-order valence-electron chi connectivity index (χ2n) is 5.16. The molecule has 16 heavy (non-hydrogen) atoms. The van der Waals surface area contributed by atoms with E-state index in [0.717, 1.165) is 10.3 Å². The van der Waals surface area contributed by atoms with E-state index in [4.69, 9.17) is 4.43 Å². The zero-order valence-corrected chi connectivity index (χ0v) is 13.1. The lowest BCUT2D eigenvalue weighted by molar-refractivity contribution is 0.0826. The first-order valence-electron chi connectivity index (χ1n) is 5.40. The molecule has 0 spiro atoms. The maximum absolute atomic E-state index is 6.07. The van der Waals surface area contributed by atoms with Crippen molar-refractivity contribution in [2.75, 3.05) is 0 Å². The minimum Gasteiger partial charge on any atom is -0.408 e. The fraction of sp³-hybridized carbons (Fsp3) is 0.583. The van der Waals surface area contributed by atoms with Gasteiger partial charge in [0.15, 0.2) is 0 Å². The fourth-order valence-corrected chi connectivity index (χ4v) is 2.79. The fourth-order valence-electron chi connectivity index (χ4n) is 1.49. The molecule has 0 fully saturated rings. The summed E-state index contributed by atoms with van der Waals surface area (Å²) < 4.78 is 6.94. The normalized spacial score (nSPS) is 14.2. The summed E-state index contributed by atoms with van der Waals surface area (Å²) in [5, 5.41) is 0. The van der Waals surface area contributed by atoms with E-state index in [9.17, 15) is 0 Å². The number of pyridine rings is 1. The van der Waals surface area contributed by atoms with Crippen molar-refractivity contribution in [3.8, 4) is 0 Å². The third-order valence-electron chi connectivity index (χ3n) is 2.15. The molecule has 1 rings (SSSR count). The molecule has 1 aromatic heterocycles. The molecule has 1 heterocycles. The summed E-state index contributed by atoms with van der Waals surface area (Å²) in [4.78, 5) is 4.50. The van der Waals surface area contributed by atoms with E-state index in [-0.39, 0.29) is 11.5 Å². The average molecular weight is 301 g/mol. The van der Waals surface area contributed by atoms with Gasteiger partial charge in [-0.25, -0.2) is 4.98 Å². The monoisotopic (exact) mass is 300 g/mol. The lowest BCUT2D eigenvalue weighted by Crippen LogP contribution is -2.26. The van der Waals surface area contributed by atoms with Gasteiger partial charge in [0.2, 0.25) is 9.04 Å². The quantitative estimate of drug-likeness (QED) is 0.616. The molecule has 0 amide bonds. The maximum atomic E-state index is 6.07. The topological polar surface area (TPSA) is 22.1 Å². The molecule has 1 atom stereocenters. The molecule has 1 radical (unpaired) electrons. The molecule has 0 saturated carbocycles. The van der Waals surface area contributed by atoms with Gasteiger partial charge >= 0.3 is 0 Å². The predicted molar refractivity (Wildman–Crippen MR) is 72.7 cm³/mol. The van der Waals surface area contributed by atoms with Crippen LogP contribution >= 0.6 is 15.9 Å². The molecule has 0 aromatic carbocycles. The largest absolute Gasteiger partial charge is 0.408 e. The molecule has 1 aromatic rings. The number of halogens is 1. The Balaban J connectivity index is 3.01. The number of hydrogen-bond acceptors (Lipinski definition) is 2. The van der Waals surface area contributed by atoms with Crippen LogP contribution in [-0.4, -0.2) is 14.0 Å². The first-order valence-corrected chi connectivity index (χ1v) is 8.60. The summed E-state index contributed by atoms with van der Waals surface area (Å²) in [6.45, 7) is 10.9. The lowest BCUT2D eigenvalue weighted by Gasteiger charge is -2.31. The Morgan fingerprint density at radius 3 is 2.38 bits per heavy atom. The molecule has 4 heteroatoms. The molecule has 0 aliphatic rings. The summed E-state index contributed by atoms with van der Waals surface area (Å²) in [5.74, 6) is 0. The molecule has 0 aliphatic heterocycles. The van der Waals surface area contributed by atoms with Gasteiger partial charge in [-0.1, -0.05) is 26.8 Å².